The molecule has 0 aromatic carbocycles. The molecule has 1 rings (SSSR count). The Morgan fingerprint density at radius 3 is 3.00 bits per heavy atom. The Morgan fingerprint density at radius 1 is 1.65 bits per heavy atom. The lowest BCUT2D eigenvalue weighted by Gasteiger charge is -2.20. The molecular weight excluding hydrogens is 339 g/mol. The number of nitrogens with one attached hydrogen (secondary N) is 1. The van der Waals surface area contributed by atoms with Gasteiger partial charge in [0.05, 0.1) is 12.7 Å². The molecule has 1 fully saturated rings. The highest BCUT2D eigenvalue weighted by molar-refractivity contribution is 14.1. The van der Waals surface area contributed by atoms with Crippen LogP contribution in [0, 0.1) is 0 Å². The van der Waals surface area contributed by atoms with Crippen molar-refractivity contribution in [3.63, 3.8) is 0 Å². The summed E-state index contributed by atoms with van der Waals surface area (Å²) in [6, 6.07) is 0. The number of rotatable bonds is 6. The first-order chi connectivity index (χ1) is 8.21. The second-order valence-electron chi connectivity index (χ2n) is 3.55. The molecule has 0 saturated carbocycles. The van der Waals surface area contributed by atoms with Gasteiger partial charge in [-0.15, -0.1) is 0 Å². The van der Waals surface area contributed by atoms with Crippen molar-refractivity contribution in [1.82, 2.24) is 10.2 Å². The third-order valence-electron chi connectivity index (χ3n) is 2.43. The summed E-state index contributed by atoms with van der Waals surface area (Å²) in [5, 5.41) is 2.43. The van der Waals surface area contributed by atoms with Gasteiger partial charge in [-0.3, -0.25) is 14.5 Å². The van der Waals surface area contributed by atoms with Crippen LogP contribution in [-0.2, 0) is 17.4 Å². The molecule has 2 amide bonds. The highest BCUT2D eigenvalue weighted by atomic mass is 127. The van der Waals surface area contributed by atoms with Gasteiger partial charge in [-0.2, -0.15) is 0 Å². The van der Waals surface area contributed by atoms with Gasteiger partial charge in [-0.1, -0.05) is 0 Å². The lowest BCUT2D eigenvalue weighted by atomic mass is 10.2. The molecule has 1 N–H and O–H groups in total. The second-order valence-corrected chi connectivity index (χ2v) is 4.17. The van der Waals surface area contributed by atoms with Crippen molar-refractivity contribution in [2.75, 3.05) is 13.7 Å². The Balaban J connectivity index is 2.49. The minimum atomic E-state index is -0.315. The van der Waals surface area contributed by atoms with Crippen molar-refractivity contribution in [3.8, 4) is 0 Å². The monoisotopic (exact) mass is 354 g/mol. The SMILES string of the molecule is CNC(=O)/C=C\N(C=O)C1CCC(COI)O1. The standard InChI is InChI=1S/C10H15IN2O4/c1-12-9(15)4-5-13(7-14)10-3-2-8(17-10)6-16-11/h4-5,7-8,10H,2-3,6H2,1H3,(H,12,15)/b5-4-. The van der Waals surface area contributed by atoms with Crippen LogP contribution in [0.5, 0.6) is 0 Å². The van der Waals surface area contributed by atoms with Crippen molar-refractivity contribution in [1.29, 1.82) is 0 Å². The number of nitrogens with zero attached hydrogens (tertiary/aromatic N) is 1. The Kier molecular flexibility index (Phi) is 6.45. The molecule has 0 spiro atoms. The molecule has 1 aliphatic rings. The maximum absolute atomic E-state index is 11.0. The maximum atomic E-state index is 11.0. The summed E-state index contributed by atoms with van der Waals surface area (Å²) in [6.45, 7) is 0.503. The number of likely N-dealkylation sites (N-methyl/N-ethyl adjacent to an activating group) is 1. The lowest BCUT2D eigenvalue weighted by molar-refractivity contribution is -0.126. The molecule has 0 aromatic heterocycles. The molecule has 6 nitrogen and oxygen atoms in total. The molecule has 2 unspecified atom stereocenters. The van der Waals surface area contributed by atoms with Crippen LogP contribution < -0.4 is 5.32 Å². The number of carbonyl (C=O) groups excluding carboxylic acids is 2. The van der Waals surface area contributed by atoms with E-state index in [2.05, 4.69) is 5.32 Å². The van der Waals surface area contributed by atoms with E-state index in [-0.39, 0.29) is 18.2 Å². The summed E-state index contributed by atoms with van der Waals surface area (Å²) >= 11 is 1.81. The van der Waals surface area contributed by atoms with E-state index in [1.807, 2.05) is 23.0 Å². The van der Waals surface area contributed by atoms with Crippen LogP contribution in [0.4, 0.5) is 0 Å². The van der Waals surface area contributed by atoms with Crippen LogP contribution in [0.25, 0.3) is 0 Å². The topological polar surface area (TPSA) is 67.9 Å². The average Bonchev–Trinajstić information content (AvgIpc) is 2.78. The molecule has 96 valence electrons. The number of hydrogen-bond acceptors (Lipinski definition) is 4. The van der Waals surface area contributed by atoms with E-state index in [1.165, 1.54) is 24.2 Å². The fourth-order valence-corrected chi connectivity index (χ4v) is 1.94. The van der Waals surface area contributed by atoms with Gasteiger partial charge in [0.15, 0.2) is 0 Å². The number of ether oxygens (including phenoxy) is 1. The van der Waals surface area contributed by atoms with E-state index in [0.29, 0.717) is 13.0 Å². The van der Waals surface area contributed by atoms with Crippen molar-refractivity contribution < 1.29 is 17.4 Å². The fraction of sp³-hybridized carbons (Fsp3) is 0.600. The van der Waals surface area contributed by atoms with Gasteiger partial charge in [0.2, 0.25) is 12.3 Å². The summed E-state index contributed by atoms with van der Waals surface area (Å²) in [5.74, 6) is -0.262. The van der Waals surface area contributed by atoms with Crippen molar-refractivity contribution >= 4 is 35.3 Å². The first-order valence-corrected chi connectivity index (χ1v) is 6.11. The van der Waals surface area contributed by atoms with Gasteiger partial charge >= 0.3 is 0 Å². The van der Waals surface area contributed by atoms with Gasteiger partial charge in [-0.25, -0.2) is 0 Å². The molecule has 1 heterocycles. The molecule has 0 aromatic rings. The van der Waals surface area contributed by atoms with E-state index in [0.717, 1.165) is 12.8 Å². The summed E-state index contributed by atoms with van der Waals surface area (Å²) in [6.07, 6.45) is 4.63. The summed E-state index contributed by atoms with van der Waals surface area (Å²) in [7, 11) is 1.53. The number of carbonyl (C=O) groups is 2. The zero-order chi connectivity index (χ0) is 12.7. The van der Waals surface area contributed by atoms with Gasteiger partial charge < -0.3 is 13.1 Å². The first-order valence-electron chi connectivity index (χ1n) is 5.23. The minimum absolute atomic E-state index is 0.00718. The fourth-order valence-electron chi connectivity index (χ4n) is 1.54. The van der Waals surface area contributed by atoms with Crippen LogP contribution in [0.15, 0.2) is 12.3 Å². The Labute approximate surface area is 114 Å². The summed E-state index contributed by atoms with van der Waals surface area (Å²) < 4.78 is 10.6. The molecular formula is C10H15IN2O4. The molecule has 1 aliphatic heterocycles. The first kappa shape index (κ1) is 14.4. The van der Waals surface area contributed by atoms with Crippen LogP contribution in [-0.4, -0.2) is 43.2 Å². The molecule has 7 heteroatoms. The summed E-state index contributed by atoms with van der Waals surface area (Å²) in [4.78, 5) is 23.2. The highest BCUT2D eigenvalue weighted by Crippen LogP contribution is 2.22. The smallest absolute Gasteiger partial charge is 0.245 e. The minimum Gasteiger partial charge on any atom is -0.356 e. The molecule has 0 aliphatic carbocycles. The van der Waals surface area contributed by atoms with E-state index >= 15 is 0 Å². The Bertz CT molecular complexity index is 298. The maximum Gasteiger partial charge on any atom is 0.245 e. The summed E-state index contributed by atoms with van der Waals surface area (Å²) in [5.41, 5.74) is 0. The number of hydrogen-bond donors (Lipinski definition) is 1. The Hall–Kier alpha value is -0.670. The molecule has 0 radical (unpaired) electrons. The zero-order valence-corrected chi connectivity index (χ0v) is 11.6. The molecule has 1 saturated heterocycles. The largest absolute Gasteiger partial charge is 0.356 e. The second kappa shape index (κ2) is 7.62. The van der Waals surface area contributed by atoms with Gasteiger partial charge in [0.1, 0.15) is 29.2 Å². The van der Waals surface area contributed by atoms with E-state index in [9.17, 15) is 9.59 Å². The highest BCUT2D eigenvalue weighted by Gasteiger charge is 2.28. The average molecular weight is 354 g/mol. The zero-order valence-electron chi connectivity index (χ0n) is 9.47. The Morgan fingerprint density at radius 2 is 2.41 bits per heavy atom. The van der Waals surface area contributed by atoms with Crippen LogP contribution in [0.3, 0.4) is 0 Å². The van der Waals surface area contributed by atoms with Gasteiger partial charge in [0.25, 0.3) is 0 Å². The third-order valence-corrected chi connectivity index (χ3v) is 2.79. The lowest BCUT2D eigenvalue weighted by Crippen LogP contribution is -2.30. The van der Waals surface area contributed by atoms with Gasteiger partial charge in [-0.05, 0) is 12.8 Å². The third kappa shape index (κ3) is 4.60. The molecule has 0 bridgehead atoms. The van der Waals surface area contributed by atoms with E-state index < -0.39 is 0 Å². The predicted molar refractivity (Wildman–Crippen MR) is 69.0 cm³/mol. The predicted octanol–water partition coefficient (Wildman–Crippen LogP) is 0.576. The quantitative estimate of drug-likeness (QED) is 0.430. The number of amides is 2. The molecule has 2 atom stereocenters. The van der Waals surface area contributed by atoms with E-state index in [1.54, 1.807) is 0 Å². The molecule has 17 heavy (non-hydrogen) atoms. The van der Waals surface area contributed by atoms with Crippen molar-refractivity contribution in [3.05, 3.63) is 12.3 Å². The van der Waals surface area contributed by atoms with Crippen molar-refractivity contribution in [2.24, 2.45) is 0 Å². The van der Waals surface area contributed by atoms with Crippen LogP contribution >= 0.6 is 23.0 Å². The normalized spacial score (nSPS) is 23.9. The van der Waals surface area contributed by atoms with Crippen LogP contribution in [0.1, 0.15) is 12.8 Å². The van der Waals surface area contributed by atoms with E-state index in [4.69, 9.17) is 7.80 Å². The van der Waals surface area contributed by atoms with Gasteiger partial charge in [0, 0.05) is 19.3 Å². The van der Waals surface area contributed by atoms with Crippen molar-refractivity contribution in [2.45, 2.75) is 25.2 Å². The van der Waals surface area contributed by atoms with Crippen LogP contribution in [0.2, 0.25) is 0 Å². The number of halogens is 1.